The van der Waals surface area contributed by atoms with E-state index in [2.05, 4.69) is 24.0 Å². The molecular weight excluding hydrogens is 254 g/mol. The zero-order valence-electron chi connectivity index (χ0n) is 12.4. The highest BCUT2D eigenvalue weighted by atomic mass is 16.5. The van der Waals surface area contributed by atoms with Crippen LogP contribution in [0.3, 0.4) is 0 Å². The second-order valence-electron chi connectivity index (χ2n) is 5.31. The number of rotatable bonds is 5. The fraction of sp³-hybridized carbons (Fsp3) is 0.467. The maximum absolute atomic E-state index is 6.01. The second kappa shape index (κ2) is 6.05. The van der Waals surface area contributed by atoms with Crippen LogP contribution in [-0.2, 0) is 6.42 Å². The first-order chi connectivity index (χ1) is 9.51. The van der Waals surface area contributed by atoms with Gasteiger partial charge in [0.2, 0.25) is 11.7 Å². The molecule has 0 aliphatic rings. The fourth-order valence-corrected chi connectivity index (χ4v) is 1.91. The number of benzene rings is 1. The molecule has 108 valence electrons. The van der Waals surface area contributed by atoms with Gasteiger partial charge in [-0.05, 0) is 36.6 Å². The van der Waals surface area contributed by atoms with Crippen LogP contribution in [0.1, 0.15) is 25.3 Å². The molecule has 1 heterocycles. The van der Waals surface area contributed by atoms with Crippen molar-refractivity contribution >= 4 is 0 Å². The van der Waals surface area contributed by atoms with Crippen LogP contribution in [0.5, 0.6) is 5.75 Å². The van der Waals surface area contributed by atoms with Gasteiger partial charge in [0, 0.05) is 18.0 Å². The number of methoxy groups -OCH3 is 1. The minimum absolute atomic E-state index is 0.0286. The Kier molecular flexibility index (Phi) is 4.39. The zero-order valence-corrected chi connectivity index (χ0v) is 12.4. The summed E-state index contributed by atoms with van der Waals surface area (Å²) in [6.45, 7) is 6.14. The van der Waals surface area contributed by atoms with Crippen molar-refractivity contribution < 1.29 is 9.26 Å². The van der Waals surface area contributed by atoms with Crippen LogP contribution in [0.15, 0.2) is 22.7 Å². The van der Waals surface area contributed by atoms with Gasteiger partial charge in [-0.3, -0.25) is 0 Å². The maximum Gasteiger partial charge on any atom is 0.228 e. The third-order valence-electron chi connectivity index (χ3n) is 3.39. The molecule has 2 N–H and O–H groups in total. The molecule has 1 atom stereocenters. The smallest absolute Gasteiger partial charge is 0.228 e. The highest BCUT2D eigenvalue weighted by molar-refractivity contribution is 5.58. The van der Waals surface area contributed by atoms with Crippen molar-refractivity contribution in [2.45, 2.75) is 33.2 Å². The van der Waals surface area contributed by atoms with Gasteiger partial charge < -0.3 is 15.0 Å². The summed E-state index contributed by atoms with van der Waals surface area (Å²) in [7, 11) is 1.65. The SMILES string of the molecule is COc1ccc(-c2noc(CC(N)C(C)C)n2)cc1C. The Morgan fingerprint density at radius 2 is 2.10 bits per heavy atom. The molecule has 0 radical (unpaired) electrons. The first-order valence-corrected chi connectivity index (χ1v) is 6.74. The lowest BCUT2D eigenvalue weighted by molar-refractivity contribution is 0.353. The van der Waals surface area contributed by atoms with Gasteiger partial charge in [-0.25, -0.2) is 0 Å². The molecule has 0 saturated heterocycles. The van der Waals surface area contributed by atoms with E-state index in [9.17, 15) is 0 Å². The summed E-state index contributed by atoms with van der Waals surface area (Å²) in [5.74, 6) is 2.39. The Morgan fingerprint density at radius 3 is 2.70 bits per heavy atom. The van der Waals surface area contributed by atoms with E-state index in [1.807, 2.05) is 25.1 Å². The summed E-state index contributed by atoms with van der Waals surface area (Å²) < 4.78 is 10.5. The lowest BCUT2D eigenvalue weighted by Crippen LogP contribution is -2.28. The second-order valence-corrected chi connectivity index (χ2v) is 5.31. The number of nitrogens with two attached hydrogens (primary N) is 1. The Hall–Kier alpha value is -1.88. The molecule has 1 aromatic carbocycles. The van der Waals surface area contributed by atoms with Crippen LogP contribution < -0.4 is 10.5 Å². The maximum atomic E-state index is 6.01. The van der Waals surface area contributed by atoms with Crippen LogP contribution in [0.25, 0.3) is 11.4 Å². The van der Waals surface area contributed by atoms with Gasteiger partial charge in [-0.1, -0.05) is 19.0 Å². The molecule has 0 bridgehead atoms. The van der Waals surface area contributed by atoms with E-state index >= 15 is 0 Å². The minimum Gasteiger partial charge on any atom is -0.496 e. The van der Waals surface area contributed by atoms with E-state index in [4.69, 9.17) is 15.0 Å². The summed E-state index contributed by atoms with van der Waals surface area (Å²) in [6.07, 6.45) is 0.597. The van der Waals surface area contributed by atoms with Crippen molar-refractivity contribution in [1.82, 2.24) is 10.1 Å². The Morgan fingerprint density at radius 1 is 1.35 bits per heavy atom. The highest BCUT2D eigenvalue weighted by Crippen LogP contribution is 2.24. The molecule has 5 nitrogen and oxygen atoms in total. The van der Waals surface area contributed by atoms with E-state index in [1.165, 1.54) is 0 Å². The van der Waals surface area contributed by atoms with Gasteiger partial charge in [-0.2, -0.15) is 4.98 Å². The van der Waals surface area contributed by atoms with Crippen LogP contribution in [-0.4, -0.2) is 23.3 Å². The highest BCUT2D eigenvalue weighted by Gasteiger charge is 2.15. The molecule has 5 heteroatoms. The molecule has 2 aromatic rings. The summed E-state index contributed by atoms with van der Waals surface area (Å²) in [4.78, 5) is 4.40. The van der Waals surface area contributed by atoms with Gasteiger partial charge in [0.05, 0.1) is 7.11 Å². The Balaban J connectivity index is 2.18. The van der Waals surface area contributed by atoms with Gasteiger partial charge >= 0.3 is 0 Å². The number of hydrogen-bond donors (Lipinski definition) is 1. The molecule has 0 saturated carbocycles. The van der Waals surface area contributed by atoms with E-state index in [0.717, 1.165) is 16.9 Å². The molecule has 1 unspecified atom stereocenters. The number of ether oxygens (including phenoxy) is 1. The summed E-state index contributed by atoms with van der Waals surface area (Å²) >= 11 is 0. The van der Waals surface area contributed by atoms with Gasteiger partial charge in [0.15, 0.2) is 0 Å². The molecule has 0 aliphatic heterocycles. The largest absolute Gasteiger partial charge is 0.496 e. The third-order valence-corrected chi connectivity index (χ3v) is 3.39. The average molecular weight is 275 g/mol. The lowest BCUT2D eigenvalue weighted by Gasteiger charge is -2.11. The molecule has 0 fully saturated rings. The van der Waals surface area contributed by atoms with E-state index in [-0.39, 0.29) is 6.04 Å². The first kappa shape index (κ1) is 14.5. The number of nitrogens with zero attached hydrogens (tertiary/aromatic N) is 2. The van der Waals surface area contributed by atoms with Crippen molar-refractivity contribution in [3.05, 3.63) is 29.7 Å². The van der Waals surface area contributed by atoms with Crippen LogP contribution >= 0.6 is 0 Å². The van der Waals surface area contributed by atoms with Crippen LogP contribution in [0, 0.1) is 12.8 Å². The standard InChI is InChI=1S/C15H21N3O2/c1-9(2)12(16)8-14-17-15(18-20-14)11-5-6-13(19-4)10(3)7-11/h5-7,9,12H,8,16H2,1-4H3. The first-order valence-electron chi connectivity index (χ1n) is 6.74. The third kappa shape index (κ3) is 3.17. The Labute approximate surface area is 119 Å². The summed E-state index contributed by atoms with van der Waals surface area (Å²) in [6, 6.07) is 5.83. The fourth-order valence-electron chi connectivity index (χ4n) is 1.91. The van der Waals surface area contributed by atoms with Crippen LogP contribution in [0.2, 0.25) is 0 Å². The minimum atomic E-state index is 0.0286. The summed E-state index contributed by atoms with van der Waals surface area (Å²) in [5.41, 5.74) is 7.96. The molecular formula is C15H21N3O2. The van der Waals surface area contributed by atoms with Gasteiger partial charge in [0.1, 0.15) is 5.75 Å². The van der Waals surface area contributed by atoms with Crippen molar-refractivity contribution in [2.75, 3.05) is 7.11 Å². The zero-order chi connectivity index (χ0) is 14.7. The monoisotopic (exact) mass is 275 g/mol. The summed E-state index contributed by atoms with van der Waals surface area (Å²) in [5, 5.41) is 4.01. The average Bonchev–Trinajstić information content (AvgIpc) is 2.87. The predicted molar refractivity (Wildman–Crippen MR) is 77.5 cm³/mol. The number of aromatic nitrogens is 2. The molecule has 2 rings (SSSR count). The molecule has 20 heavy (non-hydrogen) atoms. The van der Waals surface area contributed by atoms with Crippen molar-refractivity contribution in [1.29, 1.82) is 0 Å². The van der Waals surface area contributed by atoms with E-state index in [0.29, 0.717) is 24.1 Å². The molecule has 0 spiro atoms. The van der Waals surface area contributed by atoms with E-state index < -0.39 is 0 Å². The molecule has 0 aliphatic carbocycles. The van der Waals surface area contributed by atoms with Crippen LogP contribution in [0.4, 0.5) is 0 Å². The molecule has 0 amide bonds. The van der Waals surface area contributed by atoms with E-state index in [1.54, 1.807) is 7.11 Å². The van der Waals surface area contributed by atoms with Crippen molar-refractivity contribution in [3.8, 4) is 17.1 Å². The quantitative estimate of drug-likeness (QED) is 0.907. The van der Waals surface area contributed by atoms with Gasteiger partial charge in [0.25, 0.3) is 0 Å². The topological polar surface area (TPSA) is 74.2 Å². The normalized spacial score (nSPS) is 12.7. The number of aryl methyl sites for hydroxylation is 1. The van der Waals surface area contributed by atoms with Gasteiger partial charge in [-0.15, -0.1) is 0 Å². The van der Waals surface area contributed by atoms with Crippen molar-refractivity contribution in [2.24, 2.45) is 11.7 Å². The molecule has 1 aromatic heterocycles. The van der Waals surface area contributed by atoms with Crippen molar-refractivity contribution in [3.63, 3.8) is 0 Å². The Bertz CT molecular complexity index is 578. The lowest BCUT2D eigenvalue weighted by atomic mass is 10.0. The predicted octanol–water partition coefficient (Wildman–Crippen LogP) is 2.58. The number of hydrogen-bond acceptors (Lipinski definition) is 5.